The third kappa shape index (κ3) is 6.17. The lowest BCUT2D eigenvalue weighted by Gasteiger charge is -2.24. The predicted molar refractivity (Wildman–Crippen MR) is 116 cm³/mol. The predicted octanol–water partition coefficient (Wildman–Crippen LogP) is 3.24. The molecular weight excluding hydrogens is 412 g/mol. The lowest BCUT2D eigenvalue weighted by molar-refractivity contribution is -0.155. The molecule has 0 aromatic heterocycles. The number of hydrogen-bond donors (Lipinski definition) is 0. The van der Waals surface area contributed by atoms with Crippen LogP contribution >= 0.6 is 0 Å². The van der Waals surface area contributed by atoms with Gasteiger partial charge in [-0.1, -0.05) is 36.4 Å². The van der Waals surface area contributed by atoms with Crippen LogP contribution in [0.1, 0.15) is 33.6 Å². The van der Waals surface area contributed by atoms with Crippen LogP contribution in [-0.2, 0) is 23.7 Å². The maximum absolute atomic E-state index is 12.6. The van der Waals surface area contributed by atoms with Crippen molar-refractivity contribution in [2.45, 2.75) is 37.4 Å². The number of unbranched alkanes of at least 4 members (excludes halogenated alkanes) is 1. The van der Waals surface area contributed by atoms with Gasteiger partial charge in [-0.2, -0.15) is 0 Å². The Kier molecular flexibility index (Phi) is 8.81. The van der Waals surface area contributed by atoms with Crippen molar-refractivity contribution < 1.29 is 33.3 Å². The second kappa shape index (κ2) is 12.0. The zero-order valence-corrected chi connectivity index (χ0v) is 17.8. The first-order valence-electron chi connectivity index (χ1n) is 10.4. The highest BCUT2D eigenvalue weighted by atomic mass is 16.7. The molecule has 7 heteroatoms. The Bertz CT molecular complexity index is 907. The third-order valence-electron chi connectivity index (χ3n) is 4.92. The molecule has 0 N–H and O–H groups in total. The molecule has 4 atom stereocenters. The van der Waals surface area contributed by atoms with Crippen molar-refractivity contribution in [3.63, 3.8) is 0 Å². The Morgan fingerprint density at radius 3 is 2.19 bits per heavy atom. The molecular formula is C25H26O7. The summed E-state index contributed by atoms with van der Waals surface area (Å²) in [6, 6.07) is 17.2. The van der Waals surface area contributed by atoms with E-state index in [0.29, 0.717) is 30.6 Å². The fourth-order valence-corrected chi connectivity index (χ4v) is 3.32. The van der Waals surface area contributed by atoms with Crippen molar-refractivity contribution in [2.75, 3.05) is 20.3 Å². The smallest absolute Gasteiger partial charge is 0.338 e. The van der Waals surface area contributed by atoms with E-state index < -0.39 is 36.5 Å². The summed E-state index contributed by atoms with van der Waals surface area (Å²) in [7, 11) is 1.45. The molecule has 168 valence electrons. The number of carbonyl (C=O) groups is 2. The van der Waals surface area contributed by atoms with E-state index in [1.807, 2.05) is 12.1 Å². The quantitative estimate of drug-likeness (QED) is 0.320. The summed E-state index contributed by atoms with van der Waals surface area (Å²) in [6.07, 6.45) is 3.37. The van der Waals surface area contributed by atoms with Crippen LogP contribution in [0.3, 0.4) is 0 Å². The van der Waals surface area contributed by atoms with Crippen LogP contribution in [0.5, 0.6) is 0 Å². The van der Waals surface area contributed by atoms with Gasteiger partial charge in [0.05, 0.1) is 11.1 Å². The largest absolute Gasteiger partial charge is 0.459 e. The summed E-state index contributed by atoms with van der Waals surface area (Å²) >= 11 is 0. The number of terminal acetylenes is 1. The number of carbonyl (C=O) groups excluding carboxylic acids is 2. The normalized spacial score (nSPS) is 22.1. The van der Waals surface area contributed by atoms with E-state index in [9.17, 15) is 9.59 Å². The number of hydrogen-bond acceptors (Lipinski definition) is 7. The fourth-order valence-electron chi connectivity index (χ4n) is 3.32. The van der Waals surface area contributed by atoms with Gasteiger partial charge in [0.15, 0.2) is 12.4 Å². The van der Waals surface area contributed by atoms with Gasteiger partial charge in [0.25, 0.3) is 0 Å². The summed E-state index contributed by atoms with van der Waals surface area (Å²) in [5.41, 5.74) is 0.819. The van der Waals surface area contributed by atoms with Gasteiger partial charge in [-0.3, -0.25) is 0 Å². The lowest BCUT2D eigenvalue weighted by atomic mass is 10.1. The Morgan fingerprint density at radius 1 is 0.969 bits per heavy atom. The van der Waals surface area contributed by atoms with Gasteiger partial charge in [-0.05, 0) is 30.7 Å². The topological polar surface area (TPSA) is 80.3 Å². The molecule has 0 unspecified atom stereocenters. The van der Waals surface area contributed by atoms with Gasteiger partial charge in [0.1, 0.15) is 18.8 Å². The maximum Gasteiger partial charge on any atom is 0.338 e. The van der Waals surface area contributed by atoms with Gasteiger partial charge in [-0.15, -0.1) is 12.3 Å². The minimum atomic E-state index is -0.874. The molecule has 0 radical (unpaired) electrons. The second-order valence-electron chi connectivity index (χ2n) is 7.12. The Labute approximate surface area is 187 Å². The molecule has 0 bridgehead atoms. The van der Waals surface area contributed by atoms with Crippen LogP contribution in [0.25, 0.3) is 0 Å². The van der Waals surface area contributed by atoms with Gasteiger partial charge < -0.3 is 23.7 Å². The molecule has 0 aliphatic carbocycles. The van der Waals surface area contributed by atoms with E-state index in [4.69, 9.17) is 30.1 Å². The molecule has 7 nitrogen and oxygen atoms in total. The van der Waals surface area contributed by atoms with Crippen molar-refractivity contribution >= 4 is 11.9 Å². The summed E-state index contributed by atoms with van der Waals surface area (Å²) < 4.78 is 28.4. The molecule has 32 heavy (non-hydrogen) atoms. The SMILES string of the molecule is C#CCCCO[C@H]1[C@@H](OC(=O)c2ccccc2)[C@H](OC)O[C@@H]1COC(=O)c1ccccc1. The summed E-state index contributed by atoms with van der Waals surface area (Å²) in [4.78, 5) is 25.0. The van der Waals surface area contributed by atoms with Crippen LogP contribution < -0.4 is 0 Å². The average molecular weight is 438 g/mol. The fraction of sp³-hybridized carbons (Fsp3) is 0.360. The molecule has 2 aromatic carbocycles. The standard InChI is InChI=1S/C25H26O7/c1-3-4-11-16-29-21-20(17-30-23(26)18-12-7-5-8-13-18)31-25(28-2)22(21)32-24(27)19-14-9-6-10-15-19/h1,5-10,12-15,20-22,25H,4,11,16-17H2,2H3/t20-,21-,22-,25-/m1/s1. The number of ether oxygens (including phenoxy) is 5. The third-order valence-corrected chi connectivity index (χ3v) is 4.92. The molecule has 1 fully saturated rings. The van der Waals surface area contributed by atoms with Gasteiger partial charge in [0.2, 0.25) is 0 Å². The number of methoxy groups -OCH3 is 1. The Morgan fingerprint density at radius 2 is 1.59 bits per heavy atom. The van der Waals surface area contributed by atoms with E-state index in [0.717, 1.165) is 0 Å². The average Bonchev–Trinajstić information content (AvgIpc) is 3.17. The van der Waals surface area contributed by atoms with E-state index in [1.54, 1.807) is 48.5 Å². The van der Waals surface area contributed by atoms with Crippen LogP contribution in [0.4, 0.5) is 0 Å². The maximum atomic E-state index is 12.6. The molecule has 1 saturated heterocycles. The van der Waals surface area contributed by atoms with Gasteiger partial charge in [0, 0.05) is 20.1 Å². The zero-order chi connectivity index (χ0) is 22.8. The highest BCUT2D eigenvalue weighted by Crippen LogP contribution is 2.29. The lowest BCUT2D eigenvalue weighted by Crippen LogP contribution is -2.41. The first-order valence-corrected chi connectivity index (χ1v) is 10.4. The van der Waals surface area contributed by atoms with E-state index in [2.05, 4.69) is 5.92 Å². The van der Waals surface area contributed by atoms with E-state index in [1.165, 1.54) is 7.11 Å². The number of esters is 2. The summed E-state index contributed by atoms with van der Waals surface area (Å²) in [5.74, 6) is 1.54. The summed E-state index contributed by atoms with van der Waals surface area (Å²) in [5, 5.41) is 0. The van der Waals surface area contributed by atoms with Crippen LogP contribution in [-0.4, -0.2) is 56.9 Å². The van der Waals surface area contributed by atoms with Crippen molar-refractivity contribution in [1.29, 1.82) is 0 Å². The second-order valence-corrected chi connectivity index (χ2v) is 7.12. The minimum Gasteiger partial charge on any atom is -0.459 e. The monoisotopic (exact) mass is 438 g/mol. The van der Waals surface area contributed by atoms with Crippen molar-refractivity contribution in [1.82, 2.24) is 0 Å². The van der Waals surface area contributed by atoms with Crippen LogP contribution in [0.15, 0.2) is 60.7 Å². The summed E-state index contributed by atoms with van der Waals surface area (Å²) in [6.45, 7) is 0.240. The number of rotatable bonds is 10. The zero-order valence-electron chi connectivity index (χ0n) is 17.8. The Hall–Kier alpha value is -3.18. The minimum absolute atomic E-state index is 0.0905. The van der Waals surface area contributed by atoms with Crippen LogP contribution in [0, 0.1) is 12.3 Å². The van der Waals surface area contributed by atoms with E-state index >= 15 is 0 Å². The van der Waals surface area contributed by atoms with Crippen LogP contribution in [0.2, 0.25) is 0 Å². The molecule has 0 spiro atoms. The molecule has 1 aliphatic rings. The number of benzene rings is 2. The molecule has 0 saturated carbocycles. The molecule has 0 amide bonds. The Balaban J connectivity index is 1.70. The molecule has 1 heterocycles. The van der Waals surface area contributed by atoms with Gasteiger partial charge in [-0.25, -0.2) is 9.59 Å². The van der Waals surface area contributed by atoms with Crippen molar-refractivity contribution in [3.8, 4) is 12.3 Å². The van der Waals surface area contributed by atoms with Crippen molar-refractivity contribution in [2.24, 2.45) is 0 Å². The van der Waals surface area contributed by atoms with E-state index in [-0.39, 0.29) is 6.61 Å². The highest BCUT2D eigenvalue weighted by molar-refractivity contribution is 5.89. The molecule has 2 aromatic rings. The molecule has 3 rings (SSSR count). The first-order chi connectivity index (χ1) is 15.6. The van der Waals surface area contributed by atoms with Crippen molar-refractivity contribution in [3.05, 3.63) is 71.8 Å². The first kappa shape index (κ1) is 23.5. The highest BCUT2D eigenvalue weighted by Gasteiger charge is 2.49. The van der Waals surface area contributed by atoms with Gasteiger partial charge >= 0.3 is 11.9 Å². The molecule has 1 aliphatic heterocycles.